The summed E-state index contributed by atoms with van der Waals surface area (Å²) in [6, 6.07) is 6.35. The third-order valence-corrected chi connectivity index (χ3v) is 2.01. The average molecular weight is 204 g/mol. The van der Waals surface area contributed by atoms with Gasteiger partial charge in [-0.3, -0.25) is 5.10 Å². The molecule has 0 aliphatic heterocycles. The summed E-state index contributed by atoms with van der Waals surface area (Å²) in [6.07, 6.45) is 1.41. The number of aromatic amines is 1. The summed E-state index contributed by atoms with van der Waals surface area (Å²) in [5, 5.41) is 24.2. The summed E-state index contributed by atoms with van der Waals surface area (Å²) in [5.41, 5.74) is 1.08. The van der Waals surface area contributed by atoms with Crippen LogP contribution in [0.1, 0.15) is 10.5 Å². The molecule has 1 heterocycles. The molecule has 1 aromatic heterocycles. The molecular formula is C10H8N2O3. The first-order valence-electron chi connectivity index (χ1n) is 4.24. The third-order valence-electron chi connectivity index (χ3n) is 2.01. The number of rotatable bonds is 2. The molecule has 15 heavy (non-hydrogen) atoms. The van der Waals surface area contributed by atoms with Crippen LogP contribution in [0.4, 0.5) is 0 Å². The molecule has 0 radical (unpaired) electrons. The molecule has 0 bridgehead atoms. The lowest BCUT2D eigenvalue weighted by molar-refractivity contribution is 0.0691. The minimum absolute atomic E-state index is 0.0144. The number of carboxylic acid groups (broad SMARTS) is 1. The number of aromatic nitrogens is 2. The average Bonchev–Trinajstić information content (AvgIpc) is 2.65. The van der Waals surface area contributed by atoms with Gasteiger partial charge < -0.3 is 10.2 Å². The summed E-state index contributed by atoms with van der Waals surface area (Å²) < 4.78 is 0. The number of H-pyrrole nitrogens is 1. The molecule has 76 valence electrons. The Labute approximate surface area is 85.0 Å². The molecule has 0 spiro atoms. The number of nitrogens with zero attached hydrogens (tertiary/aromatic N) is 1. The molecule has 1 aromatic carbocycles. The molecule has 0 aliphatic carbocycles. The van der Waals surface area contributed by atoms with Crippen LogP contribution in [0, 0.1) is 0 Å². The van der Waals surface area contributed by atoms with Crippen LogP contribution < -0.4 is 0 Å². The van der Waals surface area contributed by atoms with E-state index in [2.05, 4.69) is 10.2 Å². The monoisotopic (exact) mass is 204 g/mol. The Bertz CT molecular complexity index is 505. The van der Waals surface area contributed by atoms with Gasteiger partial charge in [-0.25, -0.2) is 4.79 Å². The van der Waals surface area contributed by atoms with Crippen molar-refractivity contribution >= 4 is 5.97 Å². The Kier molecular flexibility index (Phi) is 2.13. The van der Waals surface area contributed by atoms with Gasteiger partial charge in [-0.15, -0.1) is 0 Å². The number of hydrogen-bond acceptors (Lipinski definition) is 3. The first-order valence-corrected chi connectivity index (χ1v) is 4.24. The van der Waals surface area contributed by atoms with Crippen LogP contribution in [0.3, 0.4) is 0 Å². The maximum Gasteiger partial charge on any atom is 0.354 e. The third kappa shape index (κ3) is 1.67. The number of phenolic OH excluding ortho intramolecular Hbond substituents is 1. The molecule has 3 N–H and O–H groups in total. The van der Waals surface area contributed by atoms with E-state index in [1.807, 2.05) is 0 Å². The summed E-state index contributed by atoms with van der Waals surface area (Å²) in [7, 11) is 0. The van der Waals surface area contributed by atoms with Gasteiger partial charge in [0.25, 0.3) is 0 Å². The number of nitrogens with one attached hydrogen (secondary N) is 1. The second-order valence-electron chi connectivity index (χ2n) is 3.01. The highest BCUT2D eigenvalue weighted by Gasteiger charge is 2.13. The number of benzene rings is 1. The van der Waals surface area contributed by atoms with E-state index >= 15 is 0 Å². The van der Waals surface area contributed by atoms with Crippen molar-refractivity contribution in [2.45, 2.75) is 0 Å². The van der Waals surface area contributed by atoms with Crippen molar-refractivity contribution in [2.75, 3.05) is 0 Å². The standard InChI is InChI=1S/C10H8N2O3/c13-7-3-1-2-6(4-7)8-5-11-12-9(8)10(14)15/h1-5,13H,(H,11,12)(H,14,15). The van der Waals surface area contributed by atoms with Crippen LogP contribution in [-0.2, 0) is 0 Å². The smallest absolute Gasteiger partial charge is 0.354 e. The SMILES string of the molecule is O=C(O)c1[nH]ncc1-c1cccc(O)c1. The largest absolute Gasteiger partial charge is 0.508 e. The van der Waals surface area contributed by atoms with Gasteiger partial charge in [0.05, 0.1) is 6.20 Å². The highest BCUT2D eigenvalue weighted by Crippen LogP contribution is 2.24. The predicted octanol–water partition coefficient (Wildman–Crippen LogP) is 1.48. The van der Waals surface area contributed by atoms with Crippen molar-refractivity contribution in [3.05, 3.63) is 36.2 Å². The molecule has 0 atom stereocenters. The molecule has 0 fully saturated rings. The lowest BCUT2D eigenvalue weighted by Gasteiger charge is -1.99. The van der Waals surface area contributed by atoms with E-state index in [9.17, 15) is 9.90 Å². The fourth-order valence-electron chi connectivity index (χ4n) is 1.34. The number of aromatic hydroxyl groups is 1. The number of carboxylic acids is 1. The topological polar surface area (TPSA) is 86.2 Å². The second kappa shape index (κ2) is 3.45. The summed E-state index contributed by atoms with van der Waals surface area (Å²) >= 11 is 0. The fraction of sp³-hybridized carbons (Fsp3) is 0. The van der Waals surface area contributed by atoms with Gasteiger partial charge in [0, 0.05) is 5.56 Å². The van der Waals surface area contributed by atoms with Gasteiger partial charge >= 0.3 is 5.97 Å². The zero-order valence-corrected chi connectivity index (χ0v) is 7.64. The van der Waals surface area contributed by atoms with Crippen molar-refractivity contribution in [3.63, 3.8) is 0 Å². The summed E-state index contributed by atoms with van der Waals surface area (Å²) in [5.74, 6) is -0.990. The van der Waals surface area contributed by atoms with Crippen LogP contribution in [0.5, 0.6) is 5.75 Å². The Hall–Kier alpha value is -2.30. The molecule has 0 aliphatic rings. The molecule has 0 unspecified atom stereocenters. The van der Waals surface area contributed by atoms with Crippen molar-refractivity contribution in [1.82, 2.24) is 10.2 Å². The van der Waals surface area contributed by atoms with Crippen molar-refractivity contribution in [3.8, 4) is 16.9 Å². The normalized spacial score (nSPS) is 10.1. The maximum absolute atomic E-state index is 10.8. The number of carbonyl (C=O) groups is 1. The zero-order chi connectivity index (χ0) is 10.8. The summed E-state index contributed by atoms with van der Waals surface area (Å²) in [6.45, 7) is 0. The molecule has 2 aromatic rings. The van der Waals surface area contributed by atoms with Crippen molar-refractivity contribution in [1.29, 1.82) is 0 Å². The molecule has 5 nitrogen and oxygen atoms in total. The molecule has 0 saturated heterocycles. The predicted molar refractivity (Wildman–Crippen MR) is 52.6 cm³/mol. The van der Waals surface area contributed by atoms with Crippen LogP contribution >= 0.6 is 0 Å². The van der Waals surface area contributed by atoms with Gasteiger partial charge in [-0.2, -0.15) is 5.10 Å². The quantitative estimate of drug-likeness (QED) is 0.691. The lowest BCUT2D eigenvalue weighted by atomic mass is 10.1. The van der Waals surface area contributed by atoms with Gasteiger partial charge in [0.15, 0.2) is 5.69 Å². The summed E-state index contributed by atoms with van der Waals surface area (Å²) in [4.78, 5) is 10.8. The number of aromatic carboxylic acids is 1. The highest BCUT2D eigenvalue weighted by atomic mass is 16.4. The van der Waals surface area contributed by atoms with E-state index in [4.69, 9.17) is 5.11 Å². The van der Waals surface area contributed by atoms with E-state index in [-0.39, 0.29) is 11.4 Å². The Morgan fingerprint density at radius 3 is 2.87 bits per heavy atom. The van der Waals surface area contributed by atoms with E-state index in [0.717, 1.165) is 0 Å². The minimum atomic E-state index is -1.08. The van der Waals surface area contributed by atoms with Crippen molar-refractivity contribution in [2.24, 2.45) is 0 Å². The lowest BCUT2D eigenvalue weighted by Crippen LogP contribution is -1.98. The maximum atomic E-state index is 10.8. The Balaban J connectivity index is 2.54. The number of hydrogen-bond donors (Lipinski definition) is 3. The molecule has 0 amide bonds. The number of phenols is 1. The van der Waals surface area contributed by atoms with E-state index in [1.54, 1.807) is 12.1 Å². The van der Waals surface area contributed by atoms with Crippen LogP contribution in [-0.4, -0.2) is 26.4 Å². The second-order valence-corrected chi connectivity index (χ2v) is 3.01. The van der Waals surface area contributed by atoms with Crippen LogP contribution in [0.25, 0.3) is 11.1 Å². The molecule has 2 rings (SSSR count). The van der Waals surface area contributed by atoms with Gasteiger partial charge in [-0.05, 0) is 17.7 Å². The first kappa shape index (κ1) is 9.26. The minimum Gasteiger partial charge on any atom is -0.508 e. The van der Waals surface area contributed by atoms with Crippen molar-refractivity contribution < 1.29 is 15.0 Å². The zero-order valence-electron chi connectivity index (χ0n) is 7.64. The van der Waals surface area contributed by atoms with Crippen LogP contribution in [0.2, 0.25) is 0 Å². The Morgan fingerprint density at radius 1 is 1.40 bits per heavy atom. The fourth-order valence-corrected chi connectivity index (χ4v) is 1.34. The van der Waals surface area contributed by atoms with Gasteiger partial charge in [0.1, 0.15) is 5.75 Å². The first-order chi connectivity index (χ1) is 7.18. The van der Waals surface area contributed by atoms with Gasteiger partial charge in [0.2, 0.25) is 0 Å². The van der Waals surface area contributed by atoms with E-state index < -0.39 is 5.97 Å². The van der Waals surface area contributed by atoms with E-state index in [0.29, 0.717) is 11.1 Å². The Morgan fingerprint density at radius 2 is 2.20 bits per heavy atom. The molecule has 5 heteroatoms. The molecule has 0 saturated carbocycles. The molecular weight excluding hydrogens is 196 g/mol. The highest BCUT2D eigenvalue weighted by molar-refractivity contribution is 5.93. The van der Waals surface area contributed by atoms with E-state index in [1.165, 1.54) is 18.3 Å². The van der Waals surface area contributed by atoms with Gasteiger partial charge in [-0.1, -0.05) is 12.1 Å². The van der Waals surface area contributed by atoms with Crippen LogP contribution in [0.15, 0.2) is 30.5 Å².